The van der Waals surface area contributed by atoms with Crippen molar-refractivity contribution in [3.8, 4) is 5.75 Å². The van der Waals surface area contributed by atoms with E-state index in [9.17, 15) is 0 Å². The highest BCUT2D eigenvalue weighted by Crippen LogP contribution is 2.23. The maximum Gasteiger partial charge on any atom is 0.191 e. The molecule has 4 rings (SSSR count). The highest BCUT2D eigenvalue weighted by Gasteiger charge is 2.22. The first-order chi connectivity index (χ1) is 15.2. The summed E-state index contributed by atoms with van der Waals surface area (Å²) in [7, 11) is 3.47. The second-order valence-electron chi connectivity index (χ2n) is 8.39. The Labute approximate surface area is 207 Å². The summed E-state index contributed by atoms with van der Waals surface area (Å²) in [4.78, 5) is 8.92. The van der Waals surface area contributed by atoms with Crippen LogP contribution in [-0.2, 0) is 30.9 Å². The van der Waals surface area contributed by atoms with E-state index in [0.717, 1.165) is 42.7 Å². The lowest BCUT2D eigenvalue weighted by Gasteiger charge is -2.25. The number of benzene rings is 1. The Morgan fingerprint density at radius 2 is 1.94 bits per heavy atom. The van der Waals surface area contributed by atoms with Crippen molar-refractivity contribution in [2.45, 2.75) is 76.8 Å². The minimum Gasteiger partial charge on any atom is -0.490 e. The van der Waals surface area contributed by atoms with Gasteiger partial charge in [-0.05, 0) is 49.8 Å². The van der Waals surface area contributed by atoms with Crippen LogP contribution in [0.5, 0.6) is 5.75 Å². The van der Waals surface area contributed by atoms with Crippen LogP contribution < -0.4 is 15.4 Å². The zero-order valence-electron chi connectivity index (χ0n) is 19.0. The van der Waals surface area contributed by atoms with Gasteiger partial charge in [0.25, 0.3) is 0 Å². The number of halogens is 1. The van der Waals surface area contributed by atoms with E-state index in [1.165, 1.54) is 37.7 Å². The fourth-order valence-electron chi connectivity index (χ4n) is 4.30. The van der Waals surface area contributed by atoms with Gasteiger partial charge in [-0.1, -0.05) is 18.6 Å². The lowest BCUT2D eigenvalue weighted by molar-refractivity contribution is 0.155. The molecule has 32 heavy (non-hydrogen) atoms. The molecule has 1 atom stereocenters. The van der Waals surface area contributed by atoms with Crippen molar-refractivity contribution < 1.29 is 9.47 Å². The summed E-state index contributed by atoms with van der Waals surface area (Å²) in [5.41, 5.74) is 1.20. The van der Waals surface area contributed by atoms with Gasteiger partial charge in [-0.25, -0.2) is 9.67 Å². The molecule has 2 aromatic rings. The van der Waals surface area contributed by atoms with E-state index in [-0.39, 0.29) is 30.0 Å². The number of ether oxygens (including phenoxy) is 2. The van der Waals surface area contributed by atoms with Gasteiger partial charge < -0.3 is 20.1 Å². The van der Waals surface area contributed by atoms with E-state index >= 15 is 0 Å². The number of hydrogen-bond donors (Lipinski definition) is 2. The first-order valence-electron chi connectivity index (χ1n) is 11.4. The average Bonchev–Trinajstić information content (AvgIpc) is 3.20. The van der Waals surface area contributed by atoms with Crippen LogP contribution in [0, 0.1) is 0 Å². The van der Waals surface area contributed by atoms with Crippen LogP contribution >= 0.6 is 24.0 Å². The third-order valence-corrected chi connectivity index (χ3v) is 5.98. The number of aromatic nitrogens is 3. The van der Waals surface area contributed by atoms with Gasteiger partial charge in [-0.3, -0.25) is 4.99 Å². The Bertz CT molecular complexity index is 864. The number of nitrogens with one attached hydrogen (secondary N) is 2. The predicted octanol–water partition coefficient (Wildman–Crippen LogP) is 3.43. The third-order valence-electron chi connectivity index (χ3n) is 5.98. The van der Waals surface area contributed by atoms with Gasteiger partial charge in [-0.15, -0.1) is 24.0 Å². The summed E-state index contributed by atoms with van der Waals surface area (Å²) in [6.45, 7) is 1.94. The summed E-state index contributed by atoms with van der Waals surface area (Å²) in [5, 5.41) is 11.5. The van der Waals surface area contributed by atoms with Gasteiger partial charge in [-0.2, -0.15) is 5.10 Å². The van der Waals surface area contributed by atoms with Crippen molar-refractivity contribution >= 4 is 29.9 Å². The van der Waals surface area contributed by atoms with Crippen LogP contribution in [0.15, 0.2) is 29.3 Å². The van der Waals surface area contributed by atoms with Crippen molar-refractivity contribution in [1.82, 2.24) is 25.4 Å². The lowest BCUT2D eigenvalue weighted by Crippen LogP contribution is -2.46. The Morgan fingerprint density at radius 3 is 2.66 bits per heavy atom. The molecule has 0 spiro atoms. The molecule has 2 heterocycles. The molecule has 2 aliphatic rings. The number of rotatable bonds is 7. The Kier molecular flexibility index (Phi) is 9.58. The van der Waals surface area contributed by atoms with Crippen molar-refractivity contribution in [2.75, 3.05) is 14.2 Å². The number of hydrogen-bond acceptors (Lipinski definition) is 5. The molecule has 0 radical (unpaired) electrons. The zero-order valence-corrected chi connectivity index (χ0v) is 21.4. The average molecular weight is 554 g/mol. The molecule has 0 saturated heterocycles. The van der Waals surface area contributed by atoms with Gasteiger partial charge in [0.05, 0.1) is 12.6 Å². The topological polar surface area (TPSA) is 85.6 Å². The first-order valence-corrected chi connectivity index (χ1v) is 11.4. The van der Waals surface area contributed by atoms with E-state index < -0.39 is 0 Å². The Morgan fingerprint density at radius 1 is 1.16 bits per heavy atom. The third kappa shape index (κ3) is 6.81. The minimum absolute atomic E-state index is 0. The smallest absolute Gasteiger partial charge is 0.191 e. The highest BCUT2D eigenvalue weighted by atomic mass is 127. The van der Waals surface area contributed by atoms with E-state index in [0.29, 0.717) is 19.3 Å². The normalized spacial score (nSPS) is 19.1. The molecular formula is C23H35IN6O2. The Balaban J connectivity index is 0.00000289. The Hall–Kier alpha value is -1.88. The van der Waals surface area contributed by atoms with E-state index in [1.54, 1.807) is 14.2 Å². The van der Waals surface area contributed by atoms with Crippen LogP contribution in [-0.4, -0.2) is 47.0 Å². The molecule has 1 aromatic carbocycles. The number of methoxy groups -OCH3 is 1. The minimum atomic E-state index is 0. The number of aliphatic imine (C=N–C) groups is 1. The number of aryl methyl sites for hydroxylation is 1. The van der Waals surface area contributed by atoms with Gasteiger partial charge in [0.2, 0.25) is 0 Å². The van der Waals surface area contributed by atoms with Crippen LogP contribution in [0.1, 0.15) is 55.7 Å². The maximum absolute atomic E-state index is 6.13. The van der Waals surface area contributed by atoms with E-state index in [2.05, 4.69) is 50.0 Å². The van der Waals surface area contributed by atoms with Crippen LogP contribution in [0.2, 0.25) is 0 Å². The van der Waals surface area contributed by atoms with Gasteiger partial charge >= 0.3 is 0 Å². The van der Waals surface area contributed by atoms with Crippen LogP contribution in [0.25, 0.3) is 0 Å². The fourth-order valence-corrected chi connectivity index (χ4v) is 4.30. The van der Waals surface area contributed by atoms with Crippen LogP contribution in [0.4, 0.5) is 0 Å². The molecular weight excluding hydrogens is 519 g/mol. The highest BCUT2D eigenvalue weighted by molar-refractivity contribution is 14.0. The molecule has 1 fully saturated rings. The first kappa shape index (κ1) is 24.8. The largest absolute Gasteiger partial charge is 0.490 e. The molecule has 2 N–H and O–H groups in total. The quantitative estimate of drug-likeness (QED) is 0.310. The molecule has 0 amide bonds. The standard InChI is InChI=1S/C23H34N6O2.HI/c1-24-23(26-18-10-13-22-27-21(16-30-2)28-29(22)15-18)25-14-17-8-11-20(12-9-17)31-19-6-4-3-5-7-19;/h8-9,11-12,18-19H,3-7,10,13-16H2,1-2H3,(H2,24,25,26);1H. The van der Waals surface area contributed by atoms with E-state index in [1.807, 2.05) is 4.68 Å². The SMILES string of the molecule is CN=C(NCc1ccc(OC2CCCCC2)cc1)NC1CCc2nc(COC)nn2C1.I. The predicted molar refractivity (Wildman–Crippen MR) is 136 cm³/mol. The molecule has 1 aliphatic heterocycles. The number of guanidine groups is 1. The monoisotopic (exact) mass is 554 g/mol. The molecule has 1 aromatic heterocycles. The fraction of sp³-hybridized carbons (Fsp3) is 0.609. The van der Waals surface area contributed by atoms with Crippen molar-refractivity contribution in [3.05, 3.63) is 41.5 Å². The molecule has 9 heteroatoms. The summed E-state index contributed by atoms with van der Waals surface area (Å²) in [5.74, 6) is 3.55. The summed E-state index contributed by atoms with van der Waals surface area (Å²) >= 11 is 0. The summed E-state index contributed by atoms with van der Waals surface area (Å²) in [6, 6.07) is 8.66. The second-order valence-corrected chi connectivity index (χ2v) is 8.39. The number of fused-ring (bicyclic) bond motifs is 1. The summed E-state index contributed by atoms with van der Waals surface area (Å²) in [6.07, 6.45) is 8.54. The second kappa shape index (κ2) is 12.4. The molecule has 1 saturated carbocycles. The van der Waals surface area contributed by atoms with Gasteiger partial charge in [0, 0.05) is 33.2 Å². The van der Waals surface area contributed by atoms with Gasteiger partial charge in [0.1, 0.15) is 18.2 Å². The maximum atomic E-state index is 6.13. The van der Waals surface area contributed by atoms with Crippen molar-refractivity contribution in [1.29, 1.82) is 0 Å². The molecule has 176 valence electrons. The lowest BCUT2D eigenvalue weighted by atomic mass is 9.98. The number of nitrogens with zero attached hydrogens (tertiary/aromatic N) is 4. The molecule has 1 aliphatic carbocycles. The molecule has 8 nitrogen and oxygen atoms in total. The van der Waals surface area contributed by atoms with Crippen molar-refractivity contribution in [3.63, 3.8) is 0 Å². The molecule has 0 bridgehead atoms. The van der Waals surface area contributed by atoms with Gasteiger partial charge in [0.15, 0.2) is 11.8 Å². The summed E-state index contributed by atoms with van der Waals surface area (Å²) < 4.78 is 13.2. The van der Waals surface area contributed by atoms with Crippen molar-refractivity contribution in [2.24, 2.45) is 4.99 Å². The zero-order chi connectivity index (χ0) is 21.5. The van der Waals surface area contributed by atoms with E-state index in [4.69, 9.17) is 9.47 Å². The van der Waals surface area contributed by atoms with Crippen LogP contribution in [0.3, 0.4) is 0 Å². The molecule has 1 unspecified atom stereocenters.